The molecule has 0 radical (unpaired) electrons. The van der Waals surface area contributed by atoms with E-state index in [1.54, 1.807) is 0 Å². The van der Waals surface area contributed by atoms with Crippen molar-refractivity contribution in [3.05, 3.63) is 151 Å². The molecule has 62 heavy (non-hydrogen) atoms. The highest BCUT2D eigenvalue weighted by molar-refractivity contribution is 5.82. The molecule has 6 heterocycles. The number of hydrogen-bond acceptors (Lipinski definition) is 8. The van der Waals surface area contributed by atoms with Crippen molar-refractivity contribution >= 4 is 24.0 Å². The normalized spacial score (nSPS) is 26.1. The third-order valence-corrected chi connectivity index (χ3v) is 13.7. The first kappa shape index (κ1) is 44.6. The Morgan fingerprint density at radius 2 is 1.00 bits per heavy atom. The summed E-state index contributed by atoms with van der Waals surface area (Å²) in [4.78, 5) is 57.8. The minimum absolute atomic E-state index is 0.0308. The average molecular weight is 843 g/mol. The summed E-state index contributed by atoms with van der Waals surface area (Å²) in [7, 11) is 0. The van der Waals surface area contributed by atoms with Crippen molar-refractivity contribution in [1.29, 1.82) is 0 Å². The topological polar surface area (TPSA) is 149 Å². The van der Waals surface area contributed by atoms with Crippen LogP contribution in [0.25, 0.3) is 12.2 Å². The predicted molar refractivity (Wildman–Crippen MR) is 243 cm³/mol. The zero-order valence-electron chi connectivity index (χ0n) is 36.7. The summed E-state index contributed by atoms with van der Waals surface area (Å²) in [5.41, 5.74) is 5.03. The summed E-state index contributed by atoms with van der Waals surface area (Å²) < 4.78 is 3.63. The lowest BCUT2D eigenvalue weighted by molar-refractivity contribution is -0.129. The summed E-state index contributed by atoms with van der Waals surface area (Å²) in [5.74, 6) is -1.42. The number of carbonyl (C=O) groups is 2. The summed E-state index contributed by atoms with van der Waals surface area (Å²) in [6.07, 6.45) is 7.35. The van der Waals surface area contributed by atoms with Gasteiger partial charge < -0.3 is 30.0 Å². The Morgan fingerprint density at radius 3 is 1.32 bits per heavy atom. The van der Waals surface area contributed by atoms with Gasteiger partial charge in [0.05, 0.1) is 36.0 Å². The molecule has 4 bridgehead atoms. The highest BCUT2D eigenvalue weighted by Gasteiger charge is 2.56. The second kappa shape index (κ2) is 19.3. The minimum Gasteiger partial charge on any atom is -0.396 e. The van der Waals surface area contributed by atoms with Crippen molar-refractivity contribution < 1.29 is 19.8 Å². The maximum Gasteiger partial charge on any atom is 0.258 e. The van der Waals surface area contributed by atoms with E-state index in [-0.39, 0.29) is 84.2 Å². The molecule has 2 aromatic carbocycles. The van der Waals surface area contributed by atoms with Gasteiger partial charge in [0.2, 0.25) is 11.8 Å². The highest BCUT2D eigenvalue weighted by Crippen LogP contribution is 2.49. The monoisotopic (exact) mass is 842 g/mol. The van der Waals surface area contributed by atoms with Crippen molar-refractivity contribution in [2.24, 2.45) is 23.7 Å². The van der Waals surface area contributed by atoms with Gasteiger partial charge in [-0.1, -0.05) is 98.8 Å². The Kier molecular flexibility index (Phi) is 13.9. The Labute approximate surface area is 364 Å². The molecule has 0 spiro atoms. The van der Waals surface area contributed by atoms with Crippen molar-refractivity contribution in [2.45, 2.75) is 90.9 Å². The Hall–Kier alpha value is -5.40. The fourth-order valence-corrected chi connectivity index (χ4v) is 10.8. The molecular formula is C50H62N6O6. The van der Waals surface area contributed by atoms with E-state index in [1.807, 2.05) is 146 Å². The number of nitrogens with one attached hydrogen (secondary N) is 2. The lowest BCUT2D eigenvalue weighted by Gasteiger charge is -2.37. The number of allylic oxidation sites excluding steroid dienone is 2. The minimum atomic E-state index is -0.415. The first-order chi connectivity index (χ1) is 30.0. The number of amides is 2. The number of likely N-dealkylation sites (N-methyl/N-ethyl adjacent to an activating group) is 2. The van der Waals surface area contributed by atoms with Gasteiger partial charge in [0.1, 0.15) is 0 Å². The molecule has 328 valence electrons. The fraction of sp³-hybridized carbons (Fsp3) is 0.440. The third kappa shape index (κ3) is 8.17. The number of rotatable bonds is 12. The molecule has 12 heteroatoms. The lowest BCUT2D eigenvalue weighted by atomic mass is 9.86. The number of aromatic nitrogens is 2. The summed E-state index contributed by atoms with van der Waals surface area (Å²) in [5, 5.41) is 26.9. The molecular weight excluding hydrogens is 781 g/mol. The van der Waals surface area contributed by atoms with Gasteiger partial charge in [-0.2, -0.15) is 0 Å². The number of pyridine rings is 2. The van der Waals surface area contributed by atoms with E-state index in [0.29, 0.717) is 24.2 Å². The van der Waals surface area contributed by atoms with Crippen LogP contribution >= 0.6 is 0 Å². The van der Waals surface area contributed by atoms with Crippen LogP contribution in [0.15, 0.2) is 107 Å². The van der Waals surface area contributed by atoms with E-state index in [9.17, 15) is 29.4 Å². The number of fused-ring (bicyclic) bond motifs is 8. The SMILES string of the molecule is C/C=C/c1ccc2n(c1=O)C[C@H]1[C@H](CO)[C@@H](C(=O)N[C@H](C)c3ccccc3)[C@@H]2N1CC.C/C=C\c1ccc2n(c1=O)C[C@H]1[C@H](CO)[C@@H](C(=O)N[C@H](C)c3ccccc3)[C@@H]2N1CC. The molecule has 4 N–H and O–H groups in total. The number of benzene rings is 2. The first-order valence-electron chi connectivity index (χ1n) is 22.2. The van der Waals surface area contributed by atoms with E-state index in [0.717, 1.165) is 35.6 Å². The maximum atomic E-state index is 13.5. The average Bonchev–Trinajstić information content (AvgIpc) is 3.66. The van der Waals surface area contributed by atoms with Crippen LogP contribution in [0.4, 0.5) is 0 Å². The zero-order valence-corrected chi connectivity index (χ0v) is 36.7. The van der Waals surface area contributed by atoms with Crippen molar-refractivity contribution in [3.8, 4) is 0 Å². The van der Waals surface area contributed by atoms with Crippen LogP contribution in [-0.2, 0) is 22.7 Å². The molecule has 10 atom stereocenters. The quantitative estimate of drug-likeness (QED) is 0.147. The molecule has 0 unspecified atom stereocenters. The number of aliphatic hydroxyl groups excluding tert-OH is 2. The molecule has 4 aliphatic rings. The molecule has 0 aliphatic carbocycles. The van der Waals surface area contributed by atoms with Crippen LogP contribution in [-0.4, -0.2) is 79.3 Å². The number of carbonyl (C=O) groups excluding carboxylic acids is 2. The third-order valence-electron chi connectivity index (χ3n) is 13.7. The smallest absolute Gasteiger partial charge is 0.258 e. The van der Waals surface area contributed by atoms with Crippen molar-refractivity contribution in [3.63, 3.8) is 0 Å². The molecule has 2 saturated heterocycles. The number of aliphatic hydroxyl groups is 2. The predicted octanol–water partition coefficient (Wildman–Crippen LogP) is 5.48. The van der Waals surface area contributed by atoms with E-state index in [1.165, 1.54) is 0 Å². The molecule has 4 aliphatic heterocycles. The fourth-order valence-electron chi connectivity index (χ4n) is 10.8. The number of nitrogens with zero attached hydrogens (tertiary/aromatic N) is 4. The van der Waals surface area contributed by atoms with E-state index < -0.39 is 11.8 Å². The van der Waals surface area contributed by atoms with Crippen LogP contribution in [0.3, 0.4) is 0 Å². The molecule has 8 rings (SSSR count). The Morgan fingerprint density at radius 1 is 0.629 bits per heavy atom. The summed E-state index contributed by atoms with van der Waals surface area (Å²) in [6, 6.07) is 26.5. The maximum absolute atomic E-state index is 13.5. The Balaban J connectivity index is 0.000000186. The van der Waals surface area contributed by atoms with E-state index in [4.69, 9.17) is 0 Å². The van der Waals surface area contributed by atoms with Gasteiger partial charge >= 0.3 is 0 Å². The van der Waals surface area contributed by atoms with Crippen LogP contribution in [0.5, 0.6) is 0 Å². The van der Waals surface area contributed by atoms with Crippen molar-refractivity contribution in [1.82, 2.24) is 29.6 Å². The molecule has 12 nitrogen and oxygen atoms in total. The Bertz CT molecular complexity index is 2230. The van der Waals surface area contributed by atoms with Gasteiger partial charge in [0.25, 0.3) is 11.1 Å². The van der Waals surface area contributed by atoms with Gasteiger partial charge in [-0.3, -0.25) is 29.0 Å². The second-order valence-electron chi connectivity index (χ2n) is 17.0. The first-order valence-corrected chi connectivity index (χ1v) is 22.2. The molecule has 0 saturated carbocycles. The van der Waals surface area contributed by atoms with Gasteiger partial charge in [0, 0.05) is 72.7 Å². The lowest BCUT2D eigenvalue weighted by Crippen LogP contribution is -2.46. The van der Waals surface area contributed by atoms with Gasteiger partial charge in [-0.05, 0) is 76.2 Å². The molecule has 2 amide bonds. The molecule has 2 fully saturated rings. The summed E-state index contributed by atoms with van der Waals surface area (Å²) in [6.45, 7) is 14.2. The largest absolute Gasteiger partial charge is 0.396 e. The standard InChI is InChI=1S/2C25H31N3O3/c2*1-4-9-18-12-13-20-23-22(24(30)26-16(3)17-10-7-6-8-11-17)19(15-29)21(27(23)5-2)14-28(20)25(18)31/h2*4,6-13,16,19,21-23,29H,5,14-15H2,1-3H3,(H,26,30)/b9-4+;9-4-/t2*16-,19+,21+,22-,23-/m11/s1. The number of hydrogen-bond donors (Lipinski definition) is 4. The van der Waals surface area contributed by atoms with Gasteiger partial charge in [0.15, 0.2) is 0 Å². The summed E-state index contributed by atoms with van der Waals surface area (Å²) >= 11 is 0. The molecule has 2 aromatic heterocycles. The zero-order chi connectivity index (χ0) is 44.2. The van der Waals surface area contributed by atoms with Crippen LogP contribution in [0, 0.1) is 23.7 Å². The van der Waals surface area contributed by atoms with Crippen molar-refractivity contribution in [2.75, 3.05) is 26.3 Å². The van der Waals surface area contributed by atoms with Crippen LogP contribution in [0.2, 0.25) is 0 Å². The highest BCUT2D eigenvalue weighted by atomic mass is 16.3. The van der Waals surface area contributed by atoms with E-state index >= 15 is 0 Å². The van der Waals surface area contributed by atoms with Crippen LogP contribution in [0.1, 0.15) is 99.4 Å². The molecule has 4 aromatic rings. The van der Waals surface area contributed by atoms with Gasteiger partial charge in [-0.25, -0.2) is 0 Å². The van der Waals surface area contributed by atoms with Gasteiger partial charge in [-0.15, -0.1) is 0 Å². The second-order valence-corrected chi connectivity index (χ2v) is 17.0. The van der Waals surface area contributed by atoms with Crippen LogP contribution < -0.4 is 21.8 Å². The van der Waals surface area contributed by atoms with E-state index in [2.05, 4.69) is 34.3 Å².